The molecule has 1 unspecified atom stereocenters. The monoisotopic (exact) mass is 312 g/mol. The van der Waals surface area contributed by atoms with Crippen LogP contribution in [0.15, 0.2) is 16.6 Å². The second kappa shape index (κ2) is 5.93. The maximum Gasteiger partial charge on any atom is 0.0517 e. The Morgan fingerprint density at radius 3 is 3.00 bits per heavy atom. The number of rotatable bonds is 4. The van der Waals surface area contributed by atoms with Crippen molar-refractivity contribution in [3.05, 3.63) is 22.2 Å². The Kier molecular flexibility index (Phi) is 4.51. The lowest BCUT2D eigenvalue weighted by Gasteiger charge is -2.28. The fraction of sp³-hybridized carbons (Fsp3) is 0.571. The van der Waals surface area contributed by atoms with Gasteiger partial charge in [-0.15, -0.1) is 0 Å². The zero-order valence-electron chi connectivity index (χ0n) is 10.8. The van der Waals surface area contributed by atoms with Crippen molar-refractivity contribution >= 4 is 27.3 Å². The van der Waals surface area contributed by atoms with E-state index in [1.165, 1.54) is 18.5 Å². The van der Waals surface area contributed by atoms with E-state index in [0.29, 0.717) is 6.04 Å². The molecule has 0 aliphatic carbocycles. The standard InChI is InChI=1S/C14H21BrN2O/c1-10-8-14(12(15)9-13(10)16)17-6-2-4-11(17)5-3-7-18/h8-9,11,18H,2-7,16H2,1H3. The number of aryl methyl sites for hydroxylation is 1. The predicted octanol–water partition coefficient (Wildman–Crippen LogP) is 3.08. The summed E-state index contributed by atoms with van der Waals surface area (Å²) in [5.41, 5.74) is 9.12. The van der Waals surface area contributed by atoms with Crippen LogP contribution in [0, 0.1) is 6.92 Å². The maximum atomic E-state index is 8.97. The van der Waals surface area contributed by atoms with E-state index in [1.807, 2.05) is 13.0 Å². The van der Waals surface area contributed by atoms with Gasteiger partial charge in [-0.25, -0.2) is 0 Å². The molecule has 0 bridgehead atoms. The molecule has 18 heavy (non-hydrogen) atoms. The quantitative estimate of drug-likeness (QED) is 0.840. The number of benzene rings is 1. The number of hydrogen-bond acceptors (Lipinski definition) is 3. The van der Waals surface area contributed by atoms with E-state index in [-0.39, 0.29) is 6.61 Å². The van der Waals surface area contributed by atoms with Gasteiger partial charge in [-0.2, -0.15) is 0 Å². The third kappa shape index (κ3) is 2.81. The van der Waals surface area contributed by atoms with Crippen molar-refractivity contribution in [2.45, 2.75) is 38.6 Å². The second-order valence-corrected chi connectivity index (χ2v) is 5.87. The molecule has 3 nitrogen and oxygen atoms in total. The summed E-state index contributed by atoms with van der Waals surface area (Å²) in [6.07, 6.45) is 4.39. The zero-order chi connectivity index (χ0) is 13.1. The van der Waals surface area contributed by atoms with Crippen molar-refractivity contribution in [3.63, 3.8) is 0 Å². The molecular weight excluding hydrogens is 292 g/mol. The number of halogens is 1. The highest BCUT2D eigenvalue weighted by atomic mass is 79.9. The van der Waals surface area contributed by atoms with Crippen LogP contribution in [0.2, 0.25) is 0 Å². The van der Waals surface area contributed by atoms with Crippen LogP contribution in [0.5, 0.6) is 0 Å². The SMILES string of the molecule is Cc1cc(N2CCCC2CCCO)c(Br)cc1N. The summed E-state index contributed by atoms with van der Waals surface area (Å²) < 4.78 is 1.07. The van der Waals surface area contributed by atoms with Gasteiger partial charge in [0.25, 0.3) is 0 Å². The van der Waals surface area contributed by atoms with Gasteiger partial charge in [-0.3, -0.25) is 0 Å². The Morgan fingerprint density at radius 2 is 2.28 bits per heavy atom. The molecular formula is C14H21BrN2O. The van der Waals surface area contributed by atoms with Crippen molar-refractivity contribution in [1.29, 1.82) is 0 Å². The first kappa shape index (κ1) is 13.7. The summed E-state index contributed by atoms with van der Waals surface area (Å²) in [7, 11) is 0. The highest BCUT2D eigenvalue weighted by Crippen LogP contribution is 2.36. The second-order valence-electron chi connectivity index (χ2n) is 5.02. The van der Waals surface area contributed by atoms with E-state index in [0.717, 1.165) is 35.1 Å². The number of hydrogen-bond donors (Lipinski definition) is 2. The summed E-state index contributed by atoms with van der Waals surface area (Å²) in [5.74, 6) is 0. The molecule has 1 aliphatic rings. The average Bonchev–Trinajstić information content (AvgIpc) is 2.79. The first-order chi connectivity index (χ1) is 8.63. The molecule has 4 heteroatoms. The van der Waals surface area contributed by atoms with Gasteiger partial charge in [0.05, 0.1) is 5.69 Å². The number of nitrogen functional groups attached to an aromatic ring is 1. The van der Waals surface area contributed by atoms with E-state index < -0.39 is 0 Å². The van der Waals surface area contributed by atoms with Crippen molar-refractivity contribution in [1.82, 2.24) is 0 Å². The minimum Gasteiger partial charge on any atom is -0.398 e. The van der Waals surface area contributed by atoms with Gasteiger partial charge < -0.3 is 15.7 Å². The minimum absolute atomic E-state index is 0.284. The van der Waals surface area contributed by atoms with Crippen molar-refractivity contribution in [2.75, 3.05) is 23.8 Å². The molecule has 1 aromatic carbocycles. The molecule has 1 fully saturated rings. The molecule has 1 heterocycles. The highest BCUT2D eigenvalue weighted by molar-refractivity contribution is 9.10. The molecule has 0 spiro atoms. The number of aliphatic hydroxyl groups is 1. The lowest BCUT2D eigenvalue weighted by molar-refractivity contribution is 0.279. The summed E-state index contributed by atoms with van der Waals surface area (Å²) in [4.78, 5) is 2.45. The van der Waals surface area contributed by atoms with E-state index in [9.17, 15) is 0 Å². The van der Waals surface area contributed by atoms with Crippen molar-refractivity contribution in [2.24, 2.45) is 0 Å². The Bertz CT molecular complexity index is 423. The molecule has 1 saturated heterocycles. The van der Waals surface area contributed by atoms with Crippen LogP contribution in [0.25, 0.3) is 0 Å². The van der Waals surface area contributed by atoms with Crippen LogP contribution in [0.4, 0.5) is 11.4 Å². The Labute approximate surface area is 117 Å². The third-order valence-electron chi connectivity index (χ3n) is 3.72. The van der Waals surface area contributed by atoms with E-state index in [2.05, 4.69) is 26.9 Å². The molecule has 1 aromatic rings. The first-order valence-electron chi connectivity index (χ1n) is 6.56. The van der Waals surface area contributed by atoms with Gasteiger partial charge in [0.1, 0.15) is 0 Å². The average molecular weight is 313 g/mol. The molecule has 1 atom stereocenters. The van der Waals surface area contributed by atoms with Crippen LogP contribution in [0.3, 0.4) is 0 Å². The number of nitrogens with zero attached hydrogens (tertiary/aromatic N) is 1. The molecule has 0 saturated carbocycles. The minimum atomic E-state index is 0.284. The van der Waals surface area contributed by atoms with Crippen molar-refractivity contribution in [3.8, 4) is 0 Å². The third-order valence-corrected chi connectivity index (χ3v) is 4.35. The Balaban J connectivity index is 2.21. The molecule has 0 radical (unpaired) electrons. The van der Waals surface area contributed by atoms with E-state index >= 15 is 0 Å². The fourth-order valence-electron chi connectivity index (χ4n) is 2.68. The van der Waals surface area contributed by atoms with Gasteiger partial charge >= 0.3 is 0 Å². The van der Waals surface area contributed by atoms with Crippen LogP contribution in [-0.2, 0) is 0 Å². The van der Waals surface area contributed by atoms with Gasteiger partial charge in [-0.05, 0) is 66.2 Å². The largest absolute Gasteiger partial charge is 0.398 e. The van der Waals surface area contributed by atoms with Crippen LogP contribution in [0.1, 0.15) is 31.2 Å². The summed E-state index contributed by atoms with van der Waals surface area (Å²) in [6, 6.07) is 4.71. The molecule has 100 valence electrons. The first-order valence-corrected chi connectivity index (χ1v) is 7.36. The highest BCUT2D eigenvalue weighted by Gasteiger charge is 2.25. The van der Waals surface area contributed by atoms with Gasteiger partial charge in [0.15, 0.2) is 0 Å². The molecule has 0 aromatic heterocycles. The van der Waals surface area contributed by atoms with Gasteiger partial charge in [-0.1, -0.05) is 0 Å². The normalized spacial score (nSPS) is 19.5. The molecule has 0 amide bonds. The molecule has 3 N–H and O–H groups in total. The Hall–Kier alpha value is -0.740. The number of aliphatic hydroxyl groups excluding tert-OH is 1. The summed E-state index contributed by atoms with van der Waals surface area (Å²) in [6.45, 7) is 3.43. The van der Waals surface area contributed by atoms with Gasteiger partial charge in [0.2, 0.25) is 0 Å². The number of anilines is 2. The lowest BCUT2D eigenvalue weighted by Crippen LogP contribution is -2.29. The maximum absolute atomic E-state index is 8.97. The smallest absolute Gasteiger partial charge is 0.0517 e. The molecule has 2 rings (SSSR count). The fourth-order valence-corrected chi connectivity index (χ4v) is 3.27. The van der Waals surface area contributed by atoms with Crippen LogP contribution in [-0.4, -0.2) is 24.3 Å². The van der Waals surface area contributed by atoms with E-state index in [4.69, 9.17) is 10.8 Å². The summed E-state index contributed by atoms with van der Waals surface area (Å²) >= 11 is 3.62. The summed E-state index contributed by atoms with van der Waals surface area (Å²) in [5, 5.41) is 8.97. The zero-order valence-corrected chi connectivity index (χ0v) is 12.4. The number of nitrogens with two attached hydrogens (primary N) is 1. The predicted molar refractivity (Wildman–Crippen MR) is 80.0 cm³/mol. The molecule has 1 aliphatic heterocycles. The lowest BCUT2D eigenvalue weighted by atomic mass is 10.1. The van der Waals surface area contributed by atoms with Gasteiger partial charge in [0, 0.05) is 29.4 Å². The van der Waals surface area contributed by atoms with Crippen molar-refractivity contribution < 1.29 is 5.11 Å². The van der Waals surface area contributed by atoms with Crippen LogP contribution < -0.4 is 10.6 Å². The van der Waals surface area contributed by atoms with Crippen LogP contribution >= 0.6 is 15.9 Å². The Morgan fingerprint density at radius 1 is 1.50 bits per heavy atom. The van der Waals surface area contributed by atoms with E-state index in [1.54, 1.807) is 0 Å². The topological polar surface area (TPSA) is 49.5 Å².